The summed E-state index contributed by atoms with van der Waals surface area (Å²) in [5, 5.41) is 3.38. The number of likely N-dealkylation sites (N-methyl/N-ethyl adjacent to an activating group) is 1. The van der Waals surface area contributed by atoms with Gasteiger partial charge in [-0.2, -0.15) is 0 Å². The van der Waals surface area contributed by atoms with Gasteiger partial charge in [0, 0.05) is 38.5 Å². The number of hydrogen-bond donors (Lipinski definition) is 1. The second-order valence-electron chi connectivity index (χ2n) is 5.03. The lowest BCUT2D eigenvalue weighted by Crippen LogP contribution is -2.48. The molecule has 4 rings (SSSR count). The van der Waals surface area contributed by atoms with E-state index in [1.165, 1.54) is 4.90 Å². The van der Waals surface area contributed by atoms with Crippen LogP contribution in [0, 0.1) is 0 Å². The smallest absolute Gasteiger partial charge is 0.0644 e. The van der Waals surface area contributed by atoms with Crippen LogP contribution in [0.25, 0.3) is 0 Å². The van der Waals surface area contributed by atoms with E-state index < -0.39 is 13.0 Å². The first kappa shape index (κ1) is 6.64. The third-order valence-electron chi connectivity index (χ3n) is 4.16. The molecule has 1 aromatic carbocycles. The molecule has 1 saturated heterocycles. The van der Waals surface area contributed by atoms with Crippen LogP contribution in [0.2, 0.25) is 0 Å². The minimum Gasteiger partial charge on any atom is -0.371 e. The number of nitrogens with zero attached hydrogens (tertiary/aromatic N) is 2. The molecule has 3 heteroatoms. The van der Waals surface area contributed by atoms with E-state index in [4.69, 9.17) is 5.48 Å². The Morgan fingerprint density at radius 2 is 2.35 bits per heavy atom. The topological polar surface area (TPSA) is 18.5 Å². The van der Waals surface area contributed by atoms with Crippen LogP contribution in [-0.4, -0.2) is 39.2 Å². The van der Waals surface area contributed by atoms with E-state index in [1.54, 1.807) is 11.9 Å². The van der Waals surface area contributed by atoms with Gasteiger partial charge in [-0.15, -0.1) is 0 Å². The first-order valence-electron chi connectivity index (χ1n) is 8.24. The number of benzene rings is 1. The Morgan fingerprint density at radius 3 is 3.29 bits per heavy atom. The molecule has 0 spiro atoms. The van der Waals surface area contributed by atoms with E-state index in [-0.39, 0.29) is 12.0 Å². The van der Waals surface area contributed by atoms with Crippen molar-refractivity contribution in [1.82, 2.24) is 5.32 Å². The van der Waals surface area contributed by atoms with Crippen molar-refractivity contribution >= 4 is 11.4 Å². The summed E-state index contributed by atoms with van der Waals surface area (Å²) in [5.74, 6) is 0.242. The Kier molecular flexibility index (Phi) is 1.32. The van der Waals surface area contributed by atoms with Crippen LogP contribution >= 0.6 is 0 Å². The molecule has 0 unspecified atom stereocenters. The minimum atomic E-state index is -2.06. The summed E-state index contributed by atoms with van der Waals surface area (Å²) in [4.78, 5) is 3.18. The lowest BCUT2D eigenvalue weighted by Gasteiger charge is -2.39. The average molecular weight is 233 g/mol. The van der Waals surface area contributed by atoms with Crippen LogP contribution in [0.5, 0.6) is 0 Å². The van der Waals surface area contributed by atoms with Gasteiger partial charge in [0.15, 0.2) is 0 Å². The SMILES string of the molecule is [2H]C1([2H])N(C)c2cccc3c2N([C@H]2CCNC[C@@H]32)C1([2H])[2H]. The van der Waals surface area contributed by atoms with Gasteiger partial charge in [-0.25, -0.2) is 0 Å². The first-order valence-corrected chi connectivity index (χ1v) is 6.24. The number of hydrogen-bond acceptors (Lipinski definition) is 3. The zero-order chi connectivity index (χ0) is 15.0. The van der Waals surface area contributed by atoms with Crippen molar-refractivity contribution in [3.05, 3.63) is 23.8 Å². The van der Waals surface area contributed by atoms with Gasteiger partial charge in [0.2, 0.25) is 0 Å². The van der Waals surface area contributed by atoms with Crippen LogP contribution < -0.4 is 15.1 Å². The standard InChI is InChI=1S/C14H19N3/c1-16-7-8-17-12-5-6-15-9-11(12)10-3-2-4-13(16)14(10)17/h2-4,11-12,15H,5-9H2,1H3/t11-,12-/m0/s1/i7D2,8D2. The monoisotopic (exact) mass is 233 g/mol. The zero-order valence-corrected chi connectivity index (χ0v) is 9.90. The Labute approximate surface area is 108 Å². The van der Waals surface area contributed by atoms with E-state index in [0.29, 0.717) is 0 Å². The largest absolute Gasteiger partial charge is 0.371 e. The fourth-order valence-electron chi connectivity index (χ4n) is 3.35. The van der Waals surface area contributed by atoms with E-state index in [0.717, 1.165) is 36.4 Å². The molecule has 0 amide bonds. The van der Waals surface area contributed by atoms with Gasteiger partial charge in [0.25, 0.3) is 0 Å². The molecule has 3 heterocycles. The van der Waals surface area contributed by atoms with Crippen molar-refractivity contribution in [3.8, 4) is 0 Å². The number of rotatable bonds is 0. The third-order valence-corrected chi connectivity index (χ3v) is 4.16. The fourth-order valence-corrected chi connectivity index (χ4v) is 3.35. The van der Waals surface area contributed by atoms with Crippen molar-refractivity contribution in [3.63, 3.8) is 0 Å². The number of anilines is 2. The van der Waals surface area contributed by atoms with Crippen LogP contribution in [0.15, 0.2) is 18.2 Å². The van der Waals surface area contributed by atoms with Gasteiger partial charge in [-0.1, -0.05) is 12.1 Å². The quantitative estimate of drug-likeness (QED) is 0.731. The third kappa shape index (κ3) is 1.20. The molecule has 0 bridgehead atoms. The molecule has 0 aliphatic carbocycles. The van der Waals surface area contributed by atoms with Crippen molar-refractivity contribution in [2.45, 2.75) is 18.4 Å². The van der Waals surface area contributed by atoms with Crippen molar-refractivity contribution in [2.75, 3.05) is 42.9 Å². The van der Waals surface area contributed by atoms with E-state index in [1.807, 2.05) is 12.1 Å². The fraction of sp³-hybridized carbons (Fsp3) is 0.571. The summed E-state index contributed by atoms with van der Waals surface area (Å²) in [6, 6.07) is 5.95. The van der Waals surface area contributed by atoms with Crippen molar-refractivity contribution < 1.29 is 5.48 Å². The summed E-state index contributed by atoms with van der Waals surface area (Å²) in [6.45, 7) is -2.41. The highest BCUT2D eigenvalue weighted by molar-refractivity contribution is 5.80. The number of nitrogens with one attached hydrogen (secondary N) is 1. The molecule has 1 N–H and O–H groups in total. The van der Waals surface area contributed by atoms with Crippen molar-refractivity contribution in [1.29, 1.82) is 0 Å². The van der Waals surface area contributed by atoms with E-state index in [2.05, 4.69) is 11.4 Å². The molecule has 17 heavy (non-hydrogen) atoms. The molecular formula is C14H19N3. The van der Waals surface area contributed by atoms with E-state index in [9.17, 15) is 0 Å². The molecule has 3 aliphatic rings. The molecule has 3 nitrogen and oxygen atoms in total. The normalized spacial score (nSPS) is 39.6. The van der Waals surface area contributed by atoms with Crippen LogP contribution in [0.4, 0.5) is 11.4 Å². The molecule has 0 saturated carbocycles. The maximum Gasteiger partial charge on any atom is 0.0644 e. The lowest BCUT2D eigenvalue weighted by molar-refractivity contribution is 0.402. The van der Waals surface area contributed by atoms with Gasteiger partial charge >= 0.3 is 0 Å². The van der Waals surface area contributed by atoms with Gasteiger partial charge in [0.05, 0.1) is 16.9 Å². The van der Waals surface area contributed by atoms with Crippen LogP contribution in [0.1, 0.15) is 23.4 Å². The highest BCUT2D eigenvalue weighted by Gasteiger charge is 2.42. The van der Waals surface area contributed by atoms with Crippen molar-refractivity contribution in [2.24, 2.45) is 0 Å². The van der Waals surface area contributed by atoms with Gasteiger partial charge in [0.1, 0.15) is 0 Å². The maximum atomic E-state index is 8.46. The molecule has 0 radical (unpaired) electrons. The van der Waals surface area contributed by atoms with Gasteiger partial charge in [-0.05, 0) is 24.6 Å². The Morgan fingerprint density at radius 1 is 1.41 bits per heavy atom. The molecular weight excluding hydrogens is 210 g/mol. The van der Waals surface area contributed by atoms with Crippen LogP contribution in [0.3, 0.4) is 0 Å². The molecule has 3 aliphatic heterocycles. The molecule has 0 aromatic heterocycles. The van der Waals surface area contributed by atoms with Crippen LogP contribution in [-0.2, 0) is 0 Å². The first-order chi connectivity index (χ1) is 9.87. The predicted molar refractivity (Wildman–Crippen MR) is 71.1 cm³/mol. The minimum absolute atomic E-state index is 0.0428. The Hall–Kier alpha value is -1.22. The molecule has 1 fully saturated rings. The summed E-state index contributed by atoms with van der Waals surface area (Å²) in [7, 11) is 1.64. The molecule has 2 atom stereocenters. The predicted octanol–water partition coefficient (Wildman–Crippen LogP) is 1.40. The Bertz CT molecular complexity index is 604. The molecule has 1 aromatic rings. The number of fused-ring (bicyclic) bond motifs is 3. The van der Waals surface area contributed by atoms with E-state index >= 15 is 0 Å². The van der Waals surface area contributed by atoms with Gasteiger partial charge in [-0.3, -0.25) is 0 Å². The number of para-hydroxylation sites is 1. The maximum absolute atomic E-state index is 8.46. The summed E-state index contributed by atoms with van der Waals surface area (Å²) >= 11 is 0. The highest BCUT2D eigenvalue weighted by atomic mass is 15.3. The summed E-state index contributed by atoms with van der Waals surface area (Å²) < 4.78 is 33.5. The second-order valence-corrected chi connectivity index (χ2v) is 5.03. The Balaban J connectivity index is 1.99. The van der Waals surface area contributed by atoms with Gasteiger partial charge < -0.3 is 15.1 Å². The summed E-state index contributed by atoms with van der Waals surface area (Å²) in [6.07, 6.45) is 0.845. The zero-order valence-electron chi connectivity index (χ0n) is 13.9. The highest BCUT2D eigenvalue weighted by Crippen LogP contribution is 2.49. The number of piperidine rings is 1. The molecule has 90 valence electrons. The lowest BCUT2D eigenvalue weighted by atomic mass is 9.90. The average Bonchev–Trinajstić information content (AvgIpc) is 2.80. The second kappa shape index (κ2) is 3.39. The summed E-state index contributed by atoms with van der Waals surface area (Å²) in [5.41, 5.74) is 2.83.